The quantitative estimate of drug-likeness (QED) is 0.676. The number of benzene rings is 2. The molecule has 0 radical (unpaired) electrons. The molecule has 0 saturated carbocycles. The van der Waals surface area contributed by atoms with Crippen LogP contribution in [0.5, 0.6) is 0 Å². The number of nitrogens with zero attached hydrogens (tertiary/aromatic N) is 3. The van der Waals surface area contributed by atoms with E-state index in [2.05, 4.69) is 6.92 Å². The van der Waals surface area contributed by atoms with Gasteiger partial charge in [-0.2, -0.15) is 0 Å². The number of pyridine rings is 1. The van der Waals surface area contributed by atoms with Crippen LogP contribution < -0.4 is 5.56 Å². The first-order valence-electron chi connectivity index (χ1n) is 10.3. The van der Waals surface area contributed by atoms with Gasteiger partial charge in [0.15, 0.2) is 0 Å². The number of piperazine rings is 1. The number of hydrogen-bond donors (Lipinski definition) is 0. The van der Waals surface area contributed by atoms with Gasteiger partial charge in [0, 0.05) is 50.2 Å². The molecule has 0 aliphatic carbocycles. The van der Waals surface area contributed by atoms with E-state index in [-0.39, 0.29) is 17.4 Å². The lowest BCUT2D eigenvalue weighted by atomic mass is 10.1. The second kappa shape index (κ2) is 8.14. The summed E-state index contributed by atoms with van der Waals surface area (Å²) in [5.74, 6) is -0.174. The van der Waals surface area contributed by atoms with Crippen molar-refractivity contribution >= 4 is 22.7 Å². The lowest BCUT2D eigenvalue weighted by molar-refractivity contribution is 0.0536. The van der Waals surface area contributed by atoms with Gasteiger partial charge in [-0.25, -0.2) is 0 Å². The Morgan fingerprint density at radius 1 is 0.867 bits per heavy atom. The zero-order valence-corrected chi connectivity index (χ0v) is 17.3. The molecule has 2 amide bonds. The highest BCUT2D eigenvalue weighted by molar-refractivity contribution is 6.06. The van der Waals surface area contributed by atoms with Gasteiger partial charge in [0.1, 0.15) is 0 Å². The fraction of sp³-hybridized carbons (Fsp3) is 0.292. The second-order valence-corrected chi connectivity index (χ2v) is 7.61. The fourth-order valence-corrected chi connectivity index (χ4v) is 3.94. The second-order valence-electron chi connectivity index (χ2n) is 7.61. The zero-order chi connectivity index (χ0) is 21.3. The van der Waals surface area contributed by atoms with E-state index >= 15 is 0 Å². The third-order valence-electron chi connectivity index (χ3n) is 5.85. The largest absolute Gasteiger partial charge is 0.335 e. The molecular formula is C24H25N3O3. The molecule has 1 aromatic heterocycles. The van der Waals surface area contributed by atoms with Crippen molar-refractivity contribution in [3.63, 3.8) is 0 Å². The third kappa shape index (κ3) is 3.61. The normalized spacial score (nSPS) is 14.2. The molecule has 1 aliphatic rings. The van der Waals surface area contributed by atoms with Crippen molar-refractivity contribution in [2.75, 3.05) is 26.2 Å². The highest BCUT2D eigenvalue weighted by Gasteiger charge is 2.26. The molecule has 30 heavy (non-hydrogen) atoms. The summed E-state index contributed by atoms with van der Waals surface area (Å²) in [4.78, 5) is 41.8. The van der Waals surface area contributed by atoms with E-state index < -0.39 is 0 Å². The number of fused-ring (bicyclic) bond motifs is 1. The third-order valence-corrected chi connectivity index (χ3v) is 5.85. The molecule has 1 aliphatic heterocycles. The minimum Gasteiger partial charge on any atom is -0.335 e. The number of carbonyl (C=O) groups excluding carboxylic acids is 2. The highest BCUT2D eigenvalue weighted by Crippen LogP contribution is 2.19. The van der Waals surface area contributed by atoms with Crippen LogP contribution in [0.25, 0.3) is 10.9 Å². The van der Waals surface area contributed by atoms with Gasteiger partial charge >= 0.3 is 0 Å². The summed E-state index contributed by atoms with van der Waals surface area (Å²) in [6.45, 7) is 3.92. The SMILES string of the molecule is CCc1ccc(C(=O)N2CCN(C(=O)c3cc(=O)n(C)c4ccccc34)CC2)cc1. The molecule has 4 rings (SSSR count). The zero-order valence-electron chi connectivity index (χ0n) is 17.3. The van der Waals surface area contributed by atoms with Gasteiger partial charge in [-0.05, 0) is 30.2 Å². The van der Waals surface area contributed by atoms with E-state index in [4.69, 9.17) is 0 Å². The number of carbonyl (C=O) groups is 2. The molecule has 154 valence electrons. The Hall–Kier alpha value is -3.41. The topological polar surface area (TPSA) is 62.6 Å². The van der Waals surface area contributed by atoms with E-state index in [1.165, 1.54) is 11.6 Å². The van der Waals surface area contributed by atoms with Gasteiger partial charge in [-0.1, -0.05) is 37.3 Å². The first-order chi connectivity index (χ1) is 14.5. The predicted molar refractivity (Wildman–Crippen MR) is 117 cm³/mol. The van der Waals surface area contributed by atoms with Crippen molar-refractivity contribution in [1.29, 1.82) is 0 Å². The van der Waals surface area contributed by atoms with Crippen LogP contribution in [-0.4, -0.2) is 52.4 Å². The van der Waals surface area contributed by atoms with E-state index in [9.17, 15) is 14.4 Å². The molecule has 6 nitrogen and oxygen atoms in total. The summed E-state index contributed by atoms with van der Waals surface area (Å²) < 4.78 is 1.55. The van der Waals surface area contributed by atoms with E-state index in [1.807, 2.05) is 48.5 Å². The molecule has 0 unspecified atom stereocenters. The fourth-order valence-electron chi connectivity index (χ4n) is 3.94. The average Bonchev–Trinajstić information content (AvgIpc) is 2.80. The summed E-state index contributed by atoms with van der Waals surface area (Å²) in [6.07, 6.45) is 0.937. The van der Waals surface area contributed by atoms with Crippen LogP contribution in [0.2, 0.25) is 0 Å². The van der Waals surface area contributed by atoms with Crippen molar-refractivity contribution in [3.8, 4) is 0 Å². The summed E-state index contributed by atoms with van der Waals surface area (Å²) >= 11 is 0. The molecule has 6 heteroatoms. The molecule has 2 heterocycles. The molecule has 0 bridgehead atoms. The van der Waals surface area contributed by atoms with Crippen molar-refractivity contribution in [3.05, 3.63) is 81.6 Å². The van der Waals surface area contributed by atoms with Gasteiger partial charge in [0.2, 0.25) is 0 Å². The minimum absolute atomic E-state index is 0.0104. The molecule has 0 spiro atoms. The first-order valence-corrected chi connectivity index (χ1v) is 10.3. The van der Waals surface area contributed by atoms with Crippen molar-refractivity contribution in [2.45, 2.75) is 13.3 Å². The van der Waals surface area contributed by atoms with Crippen LogP contribution in [-0.2, 0) is 13.5 Å². The molecule has 0 N–H and O–H groups in total. The van der Waals surface area contributed by atoms with E-state index in [1.54, 1.807) is 21.4 Å². The Balaban J connectivity index is 1.50. The Morgan fingerprint density at radius 2 is 1.47 bits per heavy atom. The van der Waals surface area contributed by atoms with E-state index in [0.717, 1.165) is 17.3 Å². The smallest absolute Gasteiger partial charge is 0.254 e. The van der Waals surface area contributed by atoms with Gasteiger partial charge < -0.3 is 14.4 Å². The molecule has 1 saturated heterocycles. The Bertz CT molecular complexity index is 1160. The summed E-state index contributed by atoms with van der Waals surface area (Å²) in [5.41, 5.74) is 2.82. The van der Waals surface area contributed by atoms with E-state index in [0.29, 0.717) is 37.3 Å². The monoisotopic (exact) mass is 403 g/mol. The van der Waals surface area contributed by atoms with Crippen molar-refractivity contribution in [1.82, 2.24) is 14.4 Å². The number of aromatic nitrogens is 1. The molecule has 2 aromatic carbocycles. The van der Waals surface area contributed by atoms with Crippen LogP contribution in [0, 0.1) is 0 Å². The Kier molecular flexibility index (Phi) is 5.40. The Morgan fingerprint density at radius 3 is 2.10 bits per heavy atom. The number of rotatable bonds is 3. The van der Waals surface area contributed by atoms with Crippen LogP contribution in [0.4, 0.5) is 0 Å². The maximum absolute atomic E-state index is 13.2. The Labute approximate surface area is 175 Å². The van der Waals surface area contributed by atoms with Crippen molar-refractivity contribution < 1.29 is 9.59 Å². The summed E-state index contributed by atoms with van der Waals surface area (Å²) in [5, 5.41) is 0.763. The molecular weight excluding hydrogens is 378 g/mol. The van der Waals surface area contributed by atoms with Gasteiger partial charge in [-0.15, -0.1) is 0 Å². The lowest BCUT2D eigenvalue weighted by Crippen LogP contribution is -2.50. The van der Waals surface area contributed by atoms with Crippen LogP contribution in [0.15, 0.2) is 59.4 Å². The molecule has 1 fully saturated rings. The number of amides is 2. The molecule has 3 aromatic rings. The summed E-state index contributed by atoms with van der Waals surface area (Å²) in [6, 6.07) is 16.5. The highest BCUT2D eigenvalue weighted by atomic mass is 16.2. The number of para-hydroxylation sites is 1. The average molecular weight is 403 g/mol. The lowest BCUT2D eigenvalue weighted by Gasteiger charge is -2.35. The predicted octanol–water partition coefficient (Wildman–Crippen LogP) is 2.70. The minimum atomic E-state index is -0.207. The van der Waals surface area contributed by atoms with Crippen LogP contribution in [0.3, 0.4) is 0 Å². The van der Waals surface area contributed by atoms with Crippen LogP contribution in [0.1, 0.15) is 33.2 Å². The summed E-state index contributed by atoms with van der Waals surface area (Å²) in [7, 11) is 1.70. The molecule has 0 atom stereocenters. The number of hydrogen-bond acceptors (Lipinski definition) is 3. The standard InChI is InChI=1S/C24H25N3O3/c1-3-17-8-10-18(11-9-17)23(29)26-12-14-27(15-13-26)24(30)20-16-22(28)25(2)21-7-5-4-6-19(20)21/h4-11,16H,3,12-15H2,1-2H3. The van der Waals surface area contributed by atoms with Crippen LogP contribution >= 0.6 is 0 Å². The van der Waals surface area contributed by atoms with Gasteiger partial charge in [0.25, 0.3) is 17.4 Å². The number of aryl methyl sites for hydroxylation is 2. The van der Waals surface area contributed by atoms with Gasteiger partial charge in [-0.3, -0.25) is 14.4 Å². The maximum Gasteiger partial charge on any atom is 0.254 e. The maximum atomic E-state index is 13.2. The van der Waals surface area contributed by atoms with Gasteiger partial charge in [0.05, 0.1) is 11.1 Å². The van der Waals surface area contributed by atoms with Crippen molar-refractivity contribution in [2.24, 2.45) is 7.05 Å². The first kappa shape index (κ1) is 19.9.